The first-order valence-corrected chi connectivity index (χ1v) is 7.74. The molecular weight excluding hydrogens is 208 g/mol. The van der Waals surface area contributed by atoms with E-state index in [1.54, 1.807) is 0 Å². The highest BCUT2D eigenvalue weighted by atomic mass is 15.2. The van der Waals surface area contributed by atoms with Gasteiger partial charge in [-0.3, -0.25) is 4.90 Å². The monoisotopic (exact) mass is 238 g/mol. The van der Waals surface area contributed by atoms with Gasteiger partial charge in [-0.05, 0) is 45.1 Å². The summed E-state index contributed by atoms with van der Waals surface area (Å²) in [5, 5.41) is 3.89. The van der Waals surface area contributed by atoms with Crippen LogP contribution in [-0.4, -0.2) is 36.1 Å². The van der Waals surface area contributed by atoms with Crippen molar-refractivity contribution >= 4 is 0 Å². The Balaban J connectivity index is 1.83. The fourth-order valence-corrected chi connectivity index (χ4v) is 3.73. The Kier molecular flexibility index (Phi) is 4.87. The van der Waals surface area contributed by atoms with E-state index in [1.165, 1.54) is 51.6 Å². The Labute approximate surface area is 107 Å². The zero-order valence-corrected chi connectivity index (χ0v) is 11.9. The maximum atomic E-state index is 3.89. The molecule has 2 heteroatoms. The third-order valence-corrected chi connectivity index (χ3v) is 5.02. The van der Waals surface area contributed by atoms with Crippen LogP contribution < -0.4 is 5.32 Å². The predicted octanol–water partition coefficient (Wildman–Crippen LogP) is 3.03. The van der Waals surface area contributed by atoms with Gasteiger partial charge < -0.3 is 5.32 Å². The molecule has 2 aliphatic rings. The van der Waals surface area contributed by atoms with Crippen molar-refractivity contribution in [1.82, 2.24) is 10.2 Å². The lowest BCUT2D eigenvalue weighted by Gasteiger charge is -2.30. The molecule has 17 heavy (non-hydrogen) atoms. The maximum absolute atomic E-state index is 3.89. The first-order valence-electron chi connectivity index (χ1n) is 7.74. The smallest absolute Gasteiger partial charge is 0.0201 e. The molecule has 4 unspecified atom stereocenters. The summed E-state index contributed by atoms with van der Waals surface area (Å²) in [7, 11) is 0. The molecule has 0 aromatic rings. The van der Waals surface area contributed by atoms with E-state index >= 15 is 0 Å². The van der Waals surface area contributed by atoms with Gasteiger partial charge >= 0.3 is 0 Å². The summed E-state index contributed by atoms with van der Waals surface area (Å²) in [6.07, 6.45) is 8.52. The summed E-state index contributed by atoms with van der Waals surface area (Å²) in [6, 6.07) is 2.35. The van der Waals surface area contributed by atoms with E-state index in [2.05, 4.69) is 31.0 Å². The summed E-state index contributed by atoms with van der Waals surface area (Å²) < 4.78 is 0. The highest BCUT2D eigenvalue weighted by Gasteiger charge is 2.35. The normalized spacial score (nSPS) is 34.9. The third-order valence-electron chi connectivity index (χ3n) is 5.02. The fraction of sp³-hybridized carbons (Fsp3) is 1.00. The first-order chi connectivity index (χ1) is 8.24. The minimum absolute atomic E-state index is 0.740. The quantitative estimate of drug-likeness (QED) is 0.792. The zero-order valence-electron chi connectivity index (χ0n) is 11.9. The topological polar surface area (TPSA) is 15.3 Å². The molecule has 1 saturated heterocycles. The Bertz CT molecular complexity index is 215. The second kappa shape index (κ2) is 6.19. The van der Waals surface area contributed by atoms with Crippen molar-refractivity contribution in [3.63, 3.8) is 0 Å². The highest BCUT2D eigenvalue weighted by Crippen LogP contribution is 2.33. The Morgan fingerprint density at radius 1 is 1.24 bits per heavy atom. The second-order valence-corrected chi connectivity index (χ2v) is 6.10. The molecular formula is C15H30N2. The van der Waals surface area contributed by atoms with E-state index in [0.717, 1.165) is 24.0 Å². The molecule has 2 rings (SSSR count). The Hall–Kier alpha value is -0.0800. The van der Waals surface area contributed by atoms with Gasteiger partial charge in [-0.2, -0.15) is 0 Å². The molecule has 1 saturated carbocycles. The molecule has 1 heterocycles. The van der Waals surface area contributed by atoms with Gasteiger partial charge in [-0.1, -0.05) is 26.7 Å². The summed E-state index contributed by atoms with van der Waals surface area (Å²) in [5.74, 6) is 0.990. The maximum Gasteiger partial charge on any atom is 0.0201 e. The molecule has 0 spiro atoms. The van der Waals surface area contributed by atoms with Crippen molar-refractivity contribution in [2.24, 2.45) is 5.92 Å². The highest BCUT2D eigenvalue weighted by molar-refractivity contribution is 4.94. The molecule has 1 aliphatic heterocycles. The number of hydrogen-bond donors (Lipinski definition) is 1. The van der Waals surface area contributed by atoms with Crippen LogP contribution in [0.2, 0.25) is 0 Å². The summed E-state index contributed by atoms with van der Waals surface area (Å²) >= 11 is 0. The van der Waals surface area contributed by atoms with Crippen LogP contribution in [0, 0.1) is 5.92 Å². The number of likely N-dealkylation sites (N-methyl/N-ethyl adjacent to an activating group) is 1. The predicted molar refractivity (Wildman–Crippen MR) is 74.3 cm³/mol. The first kappa shape index (κ1) is 13.4. The minimum atomic E-state index is 0.740. The standard InChI is InChI=1S/C15H30N2/c1-4-12(3)17(5-2)11-14-10-13-8-6-7-9-15(13)16-14/h12-16H,4-11H2,1-3H3. The second-order valence-electron chi connectivity index (χ2n) is 6.10. The van der Waals surface area contributed by atoms with Crippen LogP contribution in [0.1, 0.15) is 59.3 Å². The average Bonchev–Trinajstić information content (AvgIpc) is 2.77. The minimum Gasteiger partial charge on any atom is -0.310 e. The van der Waals surface area contributed by atoms with E-state index in [0.29, 0.717) is 0 Å². The van der Waals surface area contributed by atoms with Crippen molar-refractivity contribution in [3.8, 4) is 0 Å². The lowest BCUT2D eigenvalue weighted by molar-refractivity contribution is 0.194. The molecule has 1 aliphatic carbocycles. The van der Waals surface area contributed by atoms with Crippen molar-refractivity contribution in [2.75, 3.05) is 13.1 Å². The Morgan fingerprint density at radius 3 is 2.65 bits per heavy atom. The van der Waals surface area contributed by atoms with Crippen molar-refractivity contribution < 1.29 is 0 Å². The lowest BCUT2D eigenvalue weighted by Crippen LogP contribution is -2.43. The van der Waals surface area contributed by atoms with Gasteiger partial charge in [0.15, 0.2) is 0 Å². The van der Waals surface area contributed by atoms with Crippen LogP contribution in [-0.2, 0) is 0 Å². The van der Waals surface area contributed by atoms with E-state index in [-0.39, 0.29) is 0 Å². The molecule has 0 aromatic heterocycles. The van der Waals surface area contributed by atoms with Gasteiger partial charge in [-0.25, -0.2) is 0 Å². The van der Waals surface area contributed by atoms with Gasteiger partial charge in [0.25, 0.3) is 0 Å². The van der Waals surface area contributed by atoms with Gasteiger partial charge in [0.1, 0.15) is 0 Å². The molecule has 1 N–H and O–H groups in total. The van der Waals surface area contributed by atoms with Crippen molar-refractivity contribution in [3.05, 3.63) is 0 Å². The van der Waals surface area contributed by atoms with Crippen LogP contribution in [0.4, 0.5) is 0 Å². The van der Waals surface area contributed by atoms with Crippen molar-refractivity contribution in [1.29, 1.82) is 0 Å². The number of rotatable bonds is 5. The van der Waals surface area contributed by atoms with Crippen LogP contribution in [0.25, 0.3) is 0 Å². The van der Waals surface area contributed by atoms with E-state index in [1.807, 2.05) is 0 Å². The summed E-state index contributed by atoms with van der Waals surface area (Å²) in [5.41, 5.74) is 0. The van der Waals surface area contributed by atoms with Crippen LogP contribution >= 0.6 is 0 Å². The van der Waals surface area contributed by atoms with Crippen molar-refractivity contribution in [2.45, 2.75) is 77.4 Å². The molecule has 0 bridgehead atoms. The van der Waals surface area contributed by atoms with E-state index in [9.17, 15) is 0 Å². The zero-order chi connectivity index (χ0) is 12.3. The molecule has 0 amide bonds. The average molecular weight is 238 g/mol. The number of nitrogens with one attached hydrogen (secondary N) is 1. The summed E-state index contributed by atoms with van der Waals surface area (Å²) in [4.78, 5) is 2.65. The van der Waals surface area contributed by atoms with Crippen LogP contribution in [0.3, 0.4) is 0 Å². The fourth-order valence-electron chi connectivity index (χ4n) is 3.73. The van der Waals surface area contributed by atoms with E-state index < -0.39 is 0 Å². The number of nitrogens with zero attached hydrogens (tertiary/aromatic N) is 1. The van der Waals surface area contributed by atoms with E-state index in [4.69, 9.17) is 0 Å². The van der Waals surface area contributed by atoms with Gasteiger partial charge in [0, 0.05) is 24.7 Å². The molecule has 2 nitrogen and oxygen atoms in total. The van der Waals surface area contributed by atoms with Gasteiger partial charge in [0.05, 0.1) is 0 Å². The van der Waals surface area contributed by atoms with Gasteiger partial charge in [-0.15, -0.1) is 0 Å². The molecule has 0 radical (unpaired) electrons. The van der Waals surface area contributed by atoms with Gasteiger partial charge in [0.2, 0.25) is 0 Å². The molecule has 4 atom stereocenters. The molecule has 0 aromatic carbocycles. The largest absolute Gasteiger partial charge is 0.310 e. The van der Waals surface area contributed by atoms with Crippen LogP contribution in [0.5, 0.6) is 0 Å². The molecule has 100 valence electrons. The number of fused-ring (bicyclic) bond motifs is 1. The third kappa shape index (κ3) is 3.23. The Morgan fingerprint density at radius 2 is 2.00 bits per heavy atom. The summed E-state index contributed by atoms with van der Waals surface area (Å²) in [6.45, 7) is 9.43. The number of hydrogen-bond acceptors (Lipinski definition) is 2. The lowest BCUT2D eigenvalue weighted by atomic mass is 9.85. The van der Waals surface area contributed by atoms with Crippen LogP contribution in [0.15, 0.2) is 0 Å². The molecule has 2 fully saturated rings. The SMILES string of the molecule is CCC(C)N(CC)CC1CC2CCCCC2N1.